The Morgan fingerprint density at radius 1 is 1.29 bits per heavy atom. The standard InChI is InChI=1S/C16H28N4O/c1-11-13(17-5)18-15(16(2,3)4)19-14(11)20(9-10-21-6)12-7-8-12/h12H,7-10H2,1-6H3,(H,17,18,19). The summed E-state index contributed by atoms with van der Waals surface area (Å²) < 4.78 is 5.27. The second kappa shape index (κ2) is 6.18. The van der Waals surface area contributed by atoms with Gasteiger partial charge in [0, 0.05) is 37.7 Å². The Kier molecular flexibility index (Phi) is 4.71. The zero-order valence-corrected chi connectivity index (χ0v) is 14.2. The van der Waals surface area contributed by atoms with Gasteiger partial charge in [0.25, 0.3) is 0 Å². The monoisotopic (exact) mass is 292 g/mol. The van der Waals surface area contributed by atoms with Crippen molar-refractivity contribution < 1.29 is 4.74 Å². The molecule has 0 unspecified atom stereocenters. The average molecular weight is 292 g/mol. The summed E-state index contributed by atoms with van der Waals surface area (Å²) in [7, 11) is 3.67. The quantitative estimate of drug-likeness (QED) is 0.873. The summed E-state index contributed by atoms with van der Waals surface area (Å²) in [4.78, 5) is 12.0. The van der Waals surface area contributed by atoms with Gasteiger partial charge in [-0.2, -0.15) is 0 Å². The van der Waals surface area contributed by atoms with Crippen molar-refractivity contribution >= 4 is 11.6 Å². The van der Waals surface area contributed by atoms with E-state index in [4.69, 9.17) is 9.72 Å². The molecule has 1 saturated carbocycles. The molecule has 0 spiro atoms. The van der Waals surface area contributed by atoms with Crippen molar-refractivity contribution in [3.05, 3.63) is 11.4 Å². The van der Waals surface area contributed by atoms with Crippen molar-refractivity contribution in [1.82, 2.24) is 9.97 Å². The van der Waals surface area contributed by atoms with Crippen LogP contribution in [0.4, 0.5) is 11.6 Å². The number of aromatic nitrogens is 2. The number of ether oxygens (including phenoxy) is 1. The van der Waals surface area contributed by atoms with E-state index in [1.807, 2.05) is 7.05 Å². The molecule has 0 bridgehead atoms. The van der Waals surface area contributed by atoms with Gasteiger partial charge >= 0.3 is 0 Å². The van der Waals surface area contributed by atoms with E-state index in [-0.39, 0.29) is 5.41 Å². The summed E-state index contributed by atoms with van der Waals surface area (Å²) in [6.07, 6.45) is 2.49. The molecule has 0 radical (unpaired) electrons. The summed E-state index contributed by atoms with van der Waals surface area (Å²) in [6, 6.07) is 0.603. The molecule has 0 saturated heterocycles. The maximum Gasteiger partial charge on any atom is 0.138 e. The van der Waals surface area contributed by atoms with Crippen LogP contribution in [0.15, 0.2) is 0 Å². The number of rotatable bonds is 6. The Morgan fingerprint density at radius 3 is 2.43 bits per heavy atom. The fourth-order valence-electron chi connectivity index (χ4n) is 2.40. The van der Waals surface area contributed by atoms with E-state index in [0.717, 1.165) is 36.2 Å². The third-order valence-corrected chi connectivity index (χ3v) is 3.82. The first-order valence-corrected chi connectivity index (χ1v) is 7.71. The van der Waals surface area contributed by atoms with Gasteiger partial charge in [-0.05, 0) is 19.8 Å². The van der Waals surface area contributed by atoms with Gasteiger partial charge < -0.3 is 15.0 Å². The molecule has 1 aromatic rings. The first-order valence-electron chi connectivity index (χ1n) is 7.71. The smallest absolute Gasteiger partial charge is 0.138 e. The molecule has 1 aromatic heterocycles. The molecule has 0 amide bonds. The van der Waals surface area contributed by atoms with Crippen molar-refractivity contribution in [2.75, 3.05) is 37.5 Å². The van der Waals surface area contributed by atoms with Crippen molar-refractivity contribution in [2.24, 2.45) is 0 Å². The second-order valence-electron chi connectivity index (χ2n) is 6.76. The maximum atomic E-state index is 5.27. The van der Waals surface area contributed by atoms with Gasteiger partial charge in [-0.15, -0.1) is 0 Å². The number of nitrogens with one attached hydrogen (secondary N) is 1. The van der Waals surface area contributed by atoms with Crippen LogP contribution in [0.2, 0.25) is 0 Å². The average Bonchev–Trinajstić information content (AvgIpc) is 3.24. The molecule has 2 rings (SSSR count). The molecule has 1 aliphatic carbocycles. The zero-order valence-electron chi connectivity index (χ0n) is 14.2. The lowest BCUT2D eigenvalue weighted by molar-refractivity contribution is 0.204. The van der Waals surface area contributed by atoms with E-state index in [2.05, 4.69) is 42.9 Å². The van der Waals surface area contributed by atoms with Crippen LogP contribution in [-0.4, -0.2) is 43.3 Å². The summed E-state index contributed by atoms with van der Waals surface area (Å²) in [5.41, 5.74) is 1.05. The van der Waals surface area contributed by atoms with Gasteiger partial charge in [-0.25, -0.2) is 9.97 Å². The second-order valence-corrected chi connectivity index (χ2v) is 6.76. The van der Waals surface area contributed by atoms with Crippen LogP contribution in [-0.2, 0) is 10.2 Å². The van der Waals surface area contributed by atoms with E-state index >= 15 is 0 Å². The van der Waals surface area contributed by atoms with Gasteiger partial charge in [0.15, 0.2) is 0 Å². The fraction of sp³-hybridized carbons (Fsp3) is 0.750. The minimum Gasteiger partial charge on any atom is -0.383 e. The lowest BCUT2D eigenvalue weighted by Gasteiger charge is -2.28. The van der Waals surface area contributed by atoms with Gasteiger partial charge in [-0.3, -0.25) is 0 Å². The predicted molar refractivity (Wildman–Crippen MR) is 87.3 cm³/mol. The van der Waals surface area contributed by atoms with Crippen LogP contribution in [0.25, 0.3) is 0 Å². The van der Waals surface area contributed by atoms with Crippen molar-refractivity contribution in [3.63, 3.8) is 0 Å². The molecule has 118 valence electrons. The summed E-state index contributed by atoms with van der Waals surface area (Å²) >= 11 is 0. The number of hydrogen-bond acceptors (Lipinski definition) is 5. The lowest BCUT2D eigenvalue weighted by atomic mass is 9.95. The van der Waals surface area contributed by atoms with E-state index < -0.39 is 0 Å². The molecule has 1 N–H and O–H groups in total. The van der Waals surface area contributed by atoms with Crippen LogP contribution in [0.3, 0.4) is 0 Å². The molecular formula is C16H28N4O. The predicted octanol–water partition coefficient (Wildman–Crippen LogP) is 2.74. The highest BCUT2D eigenvalue weighted by atomic mass is 16.5. The Hall–Kier alpha value is -1.36. The molecule has 5 heteroatoms. The van der Waals surface area contributed by atoms with Crippen molar-refractivity contribution in [1.29, 1.82) is 0 Å². The zero-order chi connectivity index (χ0) is 15.6. The lowest BCUT2D eigenvalue weighted by Crippen LogP contribution is -2.32. The molecule has 5 nitrogen and oxygen atoms in total. The van der Waals surface area contributed by atoms with Gasteiger partial charge in [0.2, 0.25) is 0 Å². The van der Waals surface area contributed by atoms with Crippen molar-refractivity contribution in [3.8, 4) is 0 Å². The van der Waals surface area contributed by atoms with Crippen molar-refractivity contribution in [2.45, 2.75) is 52.0 Å². The van der Waals surface area contributed by atoms with Crippen LogP contribution in [0.1, 0.15) is 45.0 Å². The first-order chi connectivity index (χ1) is 9.88. The van der Waals surface area contributed by atoms with E-state index in [1.54, 1.807) is 7.11 Å². The third kappa shape index (κ3) is 3.64. The van der Waals surface area contributed by atoms with E-state index in [0.29, 0.717) is 6.04 Å². The minimum atomic E-state index is -0.0650. The molecule has 0 atom stereocenters. The molecule has 0 aliphatic heterocycles. The minimum absolute atomic E-state index is 0.0650. The number of anilines is 2. The van der Waals surface area contributed by atoms with E-state index in [9.17, 15) is 0 Å². The topological polar surface area (TPSA) is 50.3 Å². The number of methoxy groups -OCH3 is 1. The Bertz CT molecular complexity index is 492. The molecule has 1 aliphatic rings. The van der Waals surface area contributed by atoms with Crippen LogP contribution in [0.5, 0.6) is 0 Å². The highest BCUT2D eigenvalue weighted by Gasteiger charge is 2.32. The highest BCUT2D eigenvalue weighted by Crippen LogP contribution is 2.35. The first kappa shape index (κ1) is 16.0. The van der Waals surface area contributed by atoms with Crippen LogP contribution < -0.4 is 10.2 Å². The fourth-order valence-corrected chi connectivity index (χ4v) is 2.40. The largest absolute Gasteiger partial charge is 0.383 e. The van der Waals surface area contributed by atoms with Gasteiger partial charge in [-0.1, -0.05) is 20.8 Å². The third-order valence-electron chi connectivity index (χ3n) is 3.82. The Balaban J connectivity index is 2.44. The van der Waals surface area contributed by atoms with Crippen LogP contribution in [0, 0.1) is 6.92 Å². The van der Waals surface area contributed by atoms with Gasteiger partial charge in [0.05, 0.1) is 6.61 Å². The molecule has 21 heavy (non-hydrogen) atoms. The summed E-state index contributed by atoms with van der Waals surface area (Å²) in [5.74, 6) is 2.86. The van der Waals surface area contributed by atoms with E-state index in [1.165, 1.54) is 12.8 Å². The maximum absolute atomic E-state index is 5.27. The van der Waals surface area contributed by atoms with Crippen LogP contribution >= 0.6 is 0 Å². The molecular weight excluding hydrogens is 264 g/mol. The Labute approximate surface area is 128 Å². The summed E-state index contributed by atoms with van der Waals surface area (Å²) in [6.45, 7) is 10.1. The normalized spacial score (nSPS) is 15.1. The Morgan fingerprint density at radius 2 is 1.95 bits per heavy atom. The number of nitrogens with zero attached hydrogens (tertiary/aromatic N) is 3. The highest BCUT2D eigenvalue weighted by molar-refractivity contribution is 5.59. The van der Waals surface area contributed by atoms with Gasteiger partial charge in [0.1, 0.15) is 17.5 Å². The molecule has 1 heterocycles. The number of hydrogen-bond donors (Lipinski definition) is 1. The summed E-state index contributed by atoms with van der Waals surface area (Å²) in [5, 5.41) is 3.21. The molecule has 0 aromatic carbocycles. The SMILES string of the molecule is CNc1nc(C(C)(C)C)nc(N(CCOC)C2CC2)c1C. The molecule has 1 fully saturated rings.